The van der Waals surface area contributed by atoms with Gasteiger partial charge in [-0.2, -0.15) is 0 Å². The second-order valence-electron chi connectivity index (χ2n) is 4.79. The molecule has 0 bridgehead atoms. The van der Waals surface area contributed by atoms with Gasteiger partial charge in [-0.05, 0) is 44.2 Å². The van der Waals surface area contributed by atoms with Crippen molar-refractivity contribution in [1.29, 1.82) is 0 Å². The van der Waals surface area contributed by atoms with Crippen LogP contribution in [0, 0.1) is 6.92 Å². The van der Waals surface area contributed by atoms with Gasteiger partial charge in [0.05, 0.1) is 6.61 Å². The zero-order valence-electron chi connectivity index (χ0n) is 11.7. The minimum absolute atomic E-state index is 0.155. The molecule has 0 aromatic heterocycles. The van der Waals surface area contributed by atoms with E-state index >= 15 is 0 Å². The first-order valence-electron chi connectivity index (χ1n) is 6.61. The molecule has 0 spiro atoms. The summed E-state index contributed by atoms with van der Waals surface area (Å²) in [4.78, 5) is 0. The van der Waals surface area contributed by atoms with Gasteiger partial charge in [-0.25, -0.2) is 0 Å². The van der Waals surface area contributed by atoms with Gasteiger partial charge in [0.25, 0.3) is 0 Å². The van der Waals surface area contributed by atoms with Crippen molar-refractivity contribution in [2.45, 2.75) is 39.2 Å². The molecule has 1 atom stereocenters. The zero-order chi connectivity index (χ0) is 13.4. The number of hydrogen-bond donors (Lipinski definition) is 1. The van der Waals surface area contributed by atoms with Crippen molar-refractivity contribution in [1.82, 2.24) is 0 Å². The Labute approximate surface area is 110 Å². The van der Waals surface area contributed by atoms with Crippen molar-refractivity contribution >= 4 is 0 Å². The summed E-state index contributed by atoms with van der Waals surface area (Å²) in [6.45, 7) is 5.63. The van der Waals surface area contributed by atoms with E-state index in [1.54, 1.807) is 7.11 Å². The standard InChI is InChI=1S/C15H25NO2/c1-12-7-6-8-14(11-13(2)16)15(12)18-10-5-4-9-17-3/h6-8,13H,4-5,9-11,16H2,1-3H3. The van der Waals surface area contributed by atoms with E-state index in [-0.39, 0.29) is 6.04 Å². The Hall–Kier alpha value is -1.06. The predicted molar refractivity (Wildman–Crippen MR) is 75.1 cm³/mol. The molecule has 0 aliphatic carbocycles. The van der Waals surface area contributed by atoms with Crippen LogP contribution in [0.3, 0.4) is 0 Å². The largest absolute Gasteiger partial charge is 0.493 e. The highest BCUT2D eigenvalue weighted by molar-refractivity contribution is 5.41. The number of ether oxygens (including phenoxy) is 2. The lowest BCUT2D eigenvalue weighted by Gasteiger charge is -2.15. The van der Waals surface area contributed by atoms with Crippen LogP contribution >= 0.6 is 0 Å². The number of para-hydroxylation sites is 1. The Bertz CT molecular complexity index is 350. The predicted octanol–water partition coefficient (Wildman–Crippen LogP) is 2.69. The quantitative estimate of drug-likeness (QED) is 0.722. The zero-order valence-corrected chi connectivity index (χ0v) is 11.7. The Kier molecular flexibility index (Phi) is 6.76. The van der Waals surface area contributed by atoms with E-state index in [0.29, 0.717) is 0 Å². The van der Waals surface area contributed by atoms with Gasteiger partial charge >= 0.3 is 0 Å². The molecule has 1 aromatic rings. The van der Waals surface area contributed by atoms with Crippen LogP contribution in [-0.2, 0) is 11.2 Å². The molecule has 1 rings (SSSR count). The molecule has 1 aromatic carbocycles. The second-order valence-corrected chi connectivity index (χ2v) is 4.79. The van der Waals surface area contributed by atoms with Gasteiger partial charge in [0.1, 0.15) is 5.75 Å². The Morgan fingerprint density at radius 1 is 1.22 bits per heavy atom. The summed E-state index contributed by atoms with van der Waals surface area (Å²) in [5, 5.41) is 0. The molecule has 3 nitrogen and oxygen atoms in total. The highest BCUT2D eigenvalue weighted by Gasteiger charge is 2.08. The normalized spacial score (nSPS) is 12.4. The van der Waals surface area contributed by atoms with E-state index in [1.807, 2.05) is 6.92 Å². The third kappa shape index (κ3) is 5.07. The Morgan fingerprint density at radius 2 is 1.94 bits per heavy atom. The van der Waals surface area contributed by atoms with Crippen molar-refractivity contribution in [3.8, 4) is 5.75 Å². The van der Waals surface area contributed by atoms with Crippen LogP contribution in [0.2, 0.25) is 0 Å². The number of hydrogen-bond acceptors (Lipinski definition) is 3. The molecule has 1 unspecified atom stereocenters. The smallest absolute Gasteiger partial charge is 0.125 e. The summed E-state index contributed by atoms with van der Waals surface area (Å²) in [6.07, 6.45) is 2.90. The highest BCUT2D eigenvalue weighted by Crippen LogP contribution is 2.24. The number of rotatable bonds is 8. The molecule has 3 heteroatoms. The molecule has 0 heterocycles. The van der Waals surface area contributed by atoms with Crippen LogP contribution in [-0.4, -0.2) is 26.4 Å². The summed E-state index contributed by atoms with van der Waals surface area (Å²) in [5.74, 6) is 1.01. The number of nitrogens with two attached hydrogens (primary N) is 1. The summed E-state index contributed by atoms with van der Waals surface area (Å²) >= 11 is 0. The van der Waals surface area contributed by atoms with Gasteiger partial charge in [-0.15, -0.1) is 0 Å². The van der Waals surface area contributed by atoms with Crippen LogP contribution in [0.5, 0.6) is 5.75 Å². The topological polar surface area (TPSA) is 44.5 Å². The molecular formula is C15H25NO2. The number of aryl methyl sites for hydroxylation is 1. The van der Waals surface area contributed by atoms with Crippen LogP contribution in [0.1, 0.15) is 30.9 Å². The third-order valence-electron chi connectivity index (χ3n) is 2.82. The van der Waals surface area contributed by atoms with Crippen molar-refractivity contribution in [2.24, 2.45) is 5.73 Å². The molecule has 18 heavy (non-hydrogen) atoms. The van der Waals surface area contributed by atoms with E-state index in [9.17, 15) is 0 Å². The van der Waals surface area contributed by atoms with Crippen LogP contribution in [0.25, 0.3) is 0 Å². The summed E-state index contributed by atoms with van der Waals surface area (Å²) < 4.78 is 10.9. The molecular weight excluding hydrogens is 226 g/mol. The van der Waals surface area contributed by atoms with Gasteiger partial charge in [0, 0.05) is 19.8 Å². The lowest BCUT2D eigenvalue weighted by atomic mass is 10.0. The fourth-order valence-electron chi connectivity index (χ4n) is 1.95. The lowest BCUT2D eigenvalue weighted by molar-refractivity contribution is 0.184. The van der Waals surface area contributed by atoms with Crippen LogP contribution in [0.15, 0.2) is 18.2 Å². The van der Waals surface area contributed by atoms with Gasteiger partial charge in [0.15, 0.2) is 0 Å². The van der Waals surface area contributed by atoms with E-state index in [4.69, 9.17) is 15.2 Å². The molecule has 0 saturated carbocycles. The van der Waals surface area contributed by atoms with Crippen molar-refractivity contribution in [3.05, 3.63) is 29.3 Å². The summed E-state index contributed by atoms with van der Waals surface area (Å²) in [7, 11) is 1.73. The second kappa shape index (κ2) is 8.11. The van der Waals surface area contributed by atoms with E-state index < -0.39 is 0 Å². The minimum Gasteiger partial charge on any atom is -0.493 e. The van der Waals surface area contributed by atoms with Crippen LogP contribution in [0.4, 0.5) is 0 Å². The first-order valence-corrected chi connectivity index (χ1v) is 6.61. The maximum atomic E-state index is 5.90. The molecule has 0 radical (unpaired) electrons. The van der Waals surface area contributed by atoms with Gasteiger partial charge in [-0.1, -0.05) is 18.2 Å². The van der Waals surface area contributed by atoms with Crippen LogP contribution < -0.4 is 10.5 Å². The maximum absolute atomic E-state index is 5.90. The monoisotopic (exact) mass is 251 g/mol. The Balaban J connectivity index is 2.56. The summed E-state index contributed by atoms with van der Waals surface area (Å²) in [5.41, 5.74) is 8.25. The minimum atomic E-state index is 0.155. The molecule has 102 valence electrons. The fraction of sp³-hybridized carbons (Fsp3) is 0.600. The average molecular weight is 251 g/mol. The first-order chi connectivity index (χ1) is 8.65. The molecule has 0 fully saturated rings. The molecule has 2 N–H and O–H groups in total. The molecule has 0 aliphatic heterocycles. The van der Waals surface area contributed by atoms with Crippen molar-refractivity contribution in [2.75, 3.05) is 20.3 Å². The number of unbranched alkanes of at least 4 members (excludes halogenated alkanes) is 1. The van der Waals surface area contributed by atoms with Gasteiger partial charge < -0.3 is 15.2 Å². The van der Waals surface area contributed by atoms with Gasteiger partial charge in [-0.3, -0.25) is 0 Å². The Morgan fingerprint density at radius 3 is 2.61 bits per heavy atom. The van der Waals surface area contributed by atoms with Gasteiger partial charge in [0.2, 0.25) is 0 Å². The SMILES string of the molecule is COCCCCOc1c(C)cccc1CC(C)N. The number of benzene rings is 1. The fourth-order valence-corrected chi connectivity index (χ4v) is 1.95. The first kappa shape index (κ1) is 15.0. The molecule has 0 saturated heterocycles. The lowest BCUT2D eigenvalue weighted by Crippen LogP contribution is -2.18. The third-order valence-corrected chi connectivity index (χ3v) is 2.82. The number of methoxy groups -OCH3 is 1. The van der Waals surface area contributed by atoms with Crippen molar-refractivity contribution < 1.29 is 9.47 Å². The van der Waals surface area contributed by atoms with E-state index in [2.05, 4.69) is 25.1 Å². The van der Waals surface area contributed by atoms with Crippen molar-refractivity contribution in [3.63, 3.8) is 0 Å². The van der Waals surface area contributed by atoms with E-state index in [0.717, 1.165) is 38.2 Å². The molecule has 0 aliphatic rings. The maximum Gasteiger partial charge on any atom is 0.125 e. The summed E-state index contributed by atoms with van der Waals surface area (Å²) in [6, 6.07) is 6.39. The average Bonchev–Trinajstić information content (AvgIpc) is 2.31. The van der Waals surface area contributed by atoms with E-state index in [1.165, 1.54) is 11.1 Å². The highest BCUT2D eigenvalue weighted by atomic mass is 16.5. The molecule has 0 amide bonds.